The van der Waals surface area contributed by atoms with Crippen molar-refractivity contribution in [1.29, 1.82) is 0 Å². The number of rotatable bonds is 8. The fraction of sp³-hybridized carbons (Fsp3) is 0.619. The van der Waals surface area contributed by atoms with Crippen LogP contribution in [0.5, 0.6) is 5.75 Å². The van der Waals surface area contributed by atoms with Gasteiger partial charge in [0.05, 0.1) is 25.4 Å². The molecule has 1 heterocycles. The molecule has 2 unspecified atom stereocenters. The van der Waals surface area contributed by atoms with Crippen molar-refractivity contribution in [2.75, 3.05) is 45.2 Å². The molecule has 28 heavy (non-hydrogen) atoms. The summed E-state index contributed by atoms with van der Waals surface area (Å²) in [6.45, 7) is 11.5. The summed E-state index contributed by atoms with van der Waals surface area (Å²) in [4.78, 5) is 29.1. The molecule has 2 atom stereocenters. The number of nitrogens with zero attached hydrogens (tertiary/aromatic N) is 2. The molecular weight excluding hydrogens is 356 g/mol. The second-order valence-corrected chi connectivity index (χ2v) is 7.56. The van der Waals surface area contributed by atoms with Crippen LogP contribution in [0.25, 0.3) is 0 Å². The van der Waals surface area contributed by atoms with Crippen molar-refractivity contribution in [3.8, 4) is 5.75 Å². The van der Waals surface area contributed by atoms with Gasteiger partial charge >= 0.3 is 0 Å². The molecule has 0 aliphatic carbocycles. The Balaban J connectivity index is 1.84. The number of nitrogens with one attached hydrogen (secondary N) is 2. The molecule has 7 heteroatoms. The van der Waals surface area contributed by atoms with Gasteiger partial charge in [0, 0.05) is 32.2 Å². The predicted octanol–water partition coefficient (Wildman–Crippen LogP) is 1.86. The number of hydrogen-bond donors (Lipinski definition) is 2. The first-order chi connectivity index (χ1) is 13.3. The molecule has 1 aromatic rings. The van der Waals surface area contributed by atoms with Gasteiger partial charge in [-0.2, -0.15) is 0 Å². The first kappa shape index (κ1) is 22.2. The highest BCUT2D eigenvalue weighted by molar-refractivity contribution is 5.96. The van der Waals surface area contributed by atoms with Crippen molar-refractivity contribution in [1.82, 2.24) is 15.1 Å². The van der Waals surface area contributed by atoms with Crippen LogP contribution in [0, 0.1) is 6.92 Å². The molecule has 156 valence electrons. The van der Waals surface area contributed by atoms with Crippen LogP contribution in [0.1, 0.15) is 32.8 Å². The van der Waals surface area contributed by atoms with Crippen molar-refractivity contribution < 1.29 is 14.3 Å². The normalized spacial score (nSPS) is 17.6. The Hall–Kier alpha value is -2.12. The number of methoxy groups -OCH3 is 1. The topological polar surface area (TPSA) is 73.9 Å². The van der Waals surface area contributed by atoms with E-state index in [4.69, 9.17) is 4.74 Å². The van der Waals surface area contributed by atoms with Crippen molar-refractivity contribution in [2.24, 2.45) is 0 Å². The quantitative estimate of drug-likeness (QED) is 0.709. The fourth-order valence-corrected chi connectivity index (χ4v) is 3.26. The second-order valence-electron chi connectivity index (χ2n) is 7.56. The molecule has 1 aliphatic heterocycles. The van der Waals surface area contributed by atoms with E-state index in [1.165, 1.54) is 0 Å². The summed E-state index contributed by atoms with van der Waals surface area (Å²) < 4.78 is 5.34. The standard InChI is InChI=1S/C21H34N4O3/c1-6-16(3)22-20(26)14-24-9-11-25(12-10-24)17(4)21(27)23-18-13-15(2)7-8-19(18)28-5/h7-8,13,16-17H,6,9-12,14H2,1-5H3,(H,22,26)(H,23,27). The molecular formula is C21H34N4O3. The van der Waals surface area contributed by atoms with Crippen molar-refractivity contribution in [3.63, 3.8) is 0 Å². The van der Waals surface area contributed by atoms with Gasteiger partial charge in [0.2, 0.25) is 11.8 Å². The van der Waals surface area contributed by atoms with Crippen LogP contribution < -0.4 is 15.4 Å². The van der Waals surface area contributed by atoms with Gasteiger partial charge in [0.25, 0.3) is 0 Å². The van der Waals surface area contributed by atoms with Gasteiger partial charge in [-0.15, -0.1) is 0 Å². The highest BCUT2D eigenvalue weighted by Gasteiger charge is 2.27. The maximum absolute atomic E-state index is 12.7. The second kappa shape index (κ2) is 10.4. The third-order valence-corrected chi connectivity index (χ3v) is 5.33. The Morgan fingerprint density at radius 2 is 1.86 bits per heavy atom. The third kappa shape index (κ3) is 6.21. The molecule has 1 aliphatic rings. The van der Waals surface area contributed by atoms with Crippen LogP contribution >= 0.6 is 0 Å². The van der Waals surface area contributed by atoms with Gasteiger partial charge in [0.1, 0.15) is 5.75 Å². The van der Waals surface area contributed by atoms with Crippen molar-refractivity contribution in [3.05, 3.63) is 23.8 Å². The lowest BCUT2D eigenvalue weighted by molar-refractivity contribution is -0.125. The van der Waals surface area contributed by atoms with Gasteiger partial charge in [0.15, 0.2) is 0 Å². The molecule has 7 nitrogen and oxygen atoms in total. The summed E-state index contributed by atoms with van der Waals surface area (Å²) in [6, 6.07) is 5.68. The Bertz CT molecular complexity index is 672. The van der Waals surface area contributed by atoms with E-state index in [1.54, 1.807) is 7.11 Å². The zero-order valence-electron chi connectivity index (χ0n) is 17.7. The van der Waals surface area contributed by atoms with Crippen LogP contribution in [0.2, 0.25) is 0 Å². The summed E-state index contributed by atoms with van der Waals surface area (Å²) in [7, 11) is 1.60. The van der Waals surface area contributed by atoms with Gasteiger partial charge in [-0.3, -0.25) is 19.4 Å². The van der Waals surface area contributed by atoms with Crippen molar-refractivity contribution in [2.45, 2.75) is 46.2 Å². The maximum Gasteiger partial charge on any atom is 0.241 e. The lowest BCUT2D eigenvalue weighted by atomic mass is 10.1. The lowest BCUT2D eigenvalue weighted by Crippen LogP contribution is -2.54. The van der Waals surface area contributed by atoms with Crippen LogP contribution in [0.3, 0.4) is 0 Å². The molecule has 0 radical (unpaired) electrons. The fourth-order valence-electron chi connectivity index (χ4n) is 3.26. The average Bonchev–Trinajstić information content (AvgIpc) is 2.68. The number of carbonyl (C=O) groups is 2. The van der Waals surface area contributed by atoms with E-state index in [0.717, 1.165) is 38.2 Å². The number of piperazine rings is 1. The zero-order valence-corrected chi connectivity index (χ0v) is 17.7. The molecule has 0 spiro atoms. The van der Waals surface area contributed by atoms with E-state index in [9.17, 15) is 9.59 Å². The molecule has 1 saturated heterocycles. The van der Waals surface area contributed by atoms with Crippen LogP contribution in [0.15, 0.2) is 18.2 Å². The van der Waals surface area contributed by atoms with Gasteiger partial charge < -0.3 is 15.4 Å². The number of ether oxygens (including phenoxy) is 1. The van der Waals surface area contributed by atoms with Crippen LogP contribution in [0.4, 0.5) is 5.69 Å². The number of carbonyl (C=O) groups excluding carboxylic acids is 2. The maximum atomic E-state index is 12.7. The molecule has 2 rings (SSSR count). The van der Waals surface area contributed by atoms with Crippen molar-refractivity contribution >= 4 is 17.5 Å². The minimum atomic E-state index is -0.249. The highest BCUT2D eigenvalue weighted by Crippen LogP contribution is 2.25. The largest absolute Gasteiger partial charge is 0.495 e. The van der Waals surface area contributed by atoms with Crippen LogP contribution in [-0.4, -0.2) is 73.5 Å². The van der Waals surface area contributed by atoms with E-state index in [1.807, 2.05) is 39.0 Å². The zero-order chi connectivity index (χ0) is 20.7. The third-order valence-electron chi connectivity index (χ3n) is 5.33. The molecule has 0 aromatic heterocycles. The Morgan fingerprint density at radius 1 is 1.18 bits per heavy atom. The van der Waals surface area contributed by atoms with Gasteiger partial charge in [-0.05, 0) is 44.9 Å². The molecule has 2 amide bonds. The lowest BCUT2D eigenvalue weighted by Gasteiger charge is -2.37. The first-order valence-electron chi connectivity index (χ1n) is 10.0. The monoisotopic (exact) mass is 390 g/mol. The first-order valence-corrected chi connectivity index (χ1v) is 10.0. The minimum Gasteiger partial charge on any atom is -0.495 e. The van der Waals surface area contributed by atoms with E-state index < -0.39 is 0 Å². The van der Waals surface area contributed by atoms with E-state index >= 15 is 0 Å². The SMILES string of the molecule is CCC(C)NC(=O)CN1CCN(C(C)C(=O)Nc2cc(C)ccc2OC)CC1. The summed E-state index contributed by atoms with van der Waals surface area (Å²) in [5.41, 5.74) is 1.76. The molecule has 0 saturated carbocycles. The molecule has 1 aromatic carbocycles. The van der Waals surface area contributed by atoms with Crippen LogP contribution in [-0.2, 0) is 9.59 Å². The van der Waals surface area contributed by atoms with Gasteiger partial charge in [-0.25, -0.2) is 0 Å². The summed E-state index contributed by atoms with van der Waals surface area (Å²) in [5.74, 6) is 0.676. The Labute approximate surface area is 168 Å². The molecule has 1 fully saturated rings. The van der Waals surface area contributed by atoms with E-state index in [0.29, 0.717) is 18.0 Å². The predicted molar refractivity (Wildman–Crippen MR) is 112 cm³/mol. The number of aryl methyl sites for hydroxylation is 1. The van der Waals surface area contributed by atoms with E-state index in [2.05, 4.69) is 27.4 Å². The number of amides is 2. The minimum absolute atomic E-state index is 0.0492. The number of benzene rings is 1. The Morgan fingerprint density at radius 3 is 2.46 bits per heavy atom. The van der Waals surface area contributed by atoms with Gasteiger partial charge in [-0.1, -0.05) is 13.0 Å². The summed E-state index contributed by atoms with van der Waals surface area (Å²) >= 11 is 0. The van der Waals surface area contributed by atoms with E-state index in [-0.39, 0.29) is 23.9 Å². The molecule has 2 N–H and O–H groups in total. The number of anilines is 1. The summed E-state index contributed by atoms with van der Waals surface area (Å²) in [6.07, 6.45) is 0.928. The summed E-state index contributed by atoms with van der Waals surface area (Å²) in [5, 5.41) is 5.99. The molecule has 0 bridgehead atoms. The highest BCUT2D eigenvalue weighted by atomic mass is 16.5. The Kier molecular flexibility index (Phi) is 8.26. The smallest absolute Gasteiger partial charge is 0.241 e. The average molecular weight is 391 g/mol. The number of hydrogen-bond acceptors (Lipinski definition) is 5.